The predicted molar refractivity (Wildman–Crippen MR) is 44.8 cm³/mol. The number of halogens is 2. The third-order valence-corrected chi connectivity index (χ3v) is 2.23. The molecule has 0 aliphatic carbocycles. The molecule has 0 spiro atoms. The Morgan fingerprint density at radius 3 is 2.80 bits per heavy atom. The first-order valence-electron chi connectivity index (χ1n) is 2.75. The van der Waals surface area contributed by atoms with Gasteiger partial charge in [0.05, 0.1) is 10.2 Å². The average Bonchev–Trinajstić information content (AvgIpc) is 1.95. The summed E-state index contributed by atoms with van der Waals surface area (Å²) in [6.45, 7) is 0.424. The van der Waals surface area contributed by atoms with Crippen LogP contribution in [0.4, 0.5) is 0 Å². The summed E-state index contributed by atoms with van der Waals surface area (Å²) >= 11 is 8.90. The molecule has 1 heterocycles. The van der Waals surface area contributed by atoms with Gasteiger partial charge in [0, 0.05) is 6.54 Å². The molecule has 4 heteroatoms. The second kappa shape index (κ2) is 3.32. The molecule has 2 N–H and O–H groups in total. The van der Waals surface area contributed by atoms with Crippen molar-refractivity contribution in [3.05, 3.63) is 27.5 Å². The monoisotopic (exact) mass is 220 g/mol. The van der Waals surface area contributed by atoms with Crippen LogP contribution in [-0.4, -0.2) is 4.98 Å². The summed E-state index contributed by atoms with van der Waals surface area (Å²) in [6.07, 6.45) is 0. The van der Waals surface area contributed by atoms with Crippen LogP contribution in [-0.2, 0) is 6.54 Å². The summed E-state index contributed by atoms with van der Waals surface area (Å²) in [5, 5.41) is 0.461. The van der Waals surface area contributed by atoms with Crippen molar-refractivity contribution in [2.45, 2.75) is 6.54 Å². The first-order chi connectivity index (χ1) is 4.74. The van der Waals surface area contributed by atoms with E-state index >= 15 is 0 Å². The topological polar surface area (TPSA) is 38.9 Å². The number of nitrogens with zero attached hydrogens (tertiary/aromatic N) is 1. The molecule has 0 unspecified atom stereocenters. The lowest BCUT2D eigenvalue weighted by atomic mass is 10.4. The second-order valence-corrected chi connectivity index (χ2v) is 2.99. The highest BCUT2D eigenvalue weighted by molar-refractivity contribution is 9.10. The van der Waals surface area contributed by atoms with E-state index in [4.69, 9.17) is 17.3 Å². The molecule has 0 atom stereocenters. The fourth-order valence-corrected chi connectivity index (χ4v) is 0.961. The molecule has 0 aromatic carbocycles. The number of aromatic nitrogens is 1. The lowest BCUT2D eigenvalue weighted by Crippen LogP contribution is -1.98. The van der Waals surface area contributed by atoms with Gasteiger partial charge in [-0.05, 0) is 28.1 Å². The van der Waals surface area contributed by atoms with Crippen LogP contribution in [0.2, 0.25) is 5.15 Å². The highest BCUT2D eigenvalue weighted by Crippen LogP contribution is 2.19. The minimum atomic E-state index is 0.424. The first kappa shape index (κ1) is 7.98. The molecule has 0 aliphatic heterocycles. The smallest absolute Gasteiger partial charge is 0.143 e. The van der Waals surface area contributed by atoms with Crippen molar-refractivity contribution in [2.75, 3.05) is 0 Å². The largest absolute Gasteiger partial charge is 0.325 e. The standard InChI is InChI=1S/C6H6BrClN2/c7-5-2-1-4(3-9)10-6(5)8/h1-2H,3,9H2. The van der Waals surface area contributed by atoms with E-state index in [0.29, 0.717) is 11.7 Å². The van der Waals surface area contributed by atoms with Crippen molar-refractivity contribution in [2.24, 2.45) is 5.73 Å². The molecule has 10 heavy (non-hydrogen) atoms. The number of rotatable bonds is 1. The number of pyridine rings is 1. The third kappa shape index (κ3) is 1.68. The maximum Gasteiger partial charge on any atom is 0.143 e. The van der Waals surface area contributed by atoms with E-state index in [9.17, 15) is 0 Å². The first-order valence-corrected chi connectivity index (χ1v) is 3.92. The van der Waals surface area contributed by atoms with Gasteiger partial charge < -0.3 is 5.73 Å². The molecule has 0 radical (unpaired) electrons. The molecule has 0 bridgehead atoms. The SMILES string of the molecule is NCc1ccc(Br)c(Cl)n1. The van der Waals surface area contributed by atoms with Crippen molar-refractivity contribution < 1.29 is 0 Å². The van der Waals surface area contributed by atoms with Crippen LogP contribution in [0.15, 0.2) is 16.6 Å². The minimum absolute atomic E-state index is 0.424. The molecule has 0 saturated heterocycles. The van der Waals surface area contributed by atoms with Gasteiger partial charge in [0.1, 0.15) is 5.15 Å². The van der Waals surface area contributed by atoms with E-state index in [1.807, 2.05) is 12.1 Å². The lowest BCUT2D eigenvalue weighted by Gasteiger charge is -1.97. The van der Waals surface area contributed by atoms with E-state index < -0.39 is 0 Å². The summed E-state index contributed by atoms with van der Waals surface area (Å²) in [5.41, 5.74) is 6.13. The summed E-state index contributed by atoms with van der Waals surface area (Å²) in [5.74, 6) is 0. The van der Waals surface area contributed by atoms with E-state index in [-0.39, 0.29) is 0 Å². The van der Waals surface area contributed by atoms with Gasteiger partial charge in [-0.25, -0.2) is 4.98 Å². The van der Waals surface area contributed by atoms with E-state index in [1.54, 1.807) is 0 Å². The molecule has 1 aromatic rings. The minimum Gasteiger partial charge on any atom is -0.325 e. The van der Waals surface area contributed by atoms with Gasteiger partial charge in [-0.3, -0.25) is 0 Å². The molecule has 0 aliphatic rings. The zero-order chi connectivity index (χ0) is 7.56. The van der Waals surface area contributed by atoms with Crippen molar-refractivity contribution >= 4 is 27.5 Å². The van der Waals surface area contributed by atoms with Crippen molar-refractivity contribution in [3.63, 3.8) is 0 Å². The maximum absolute atomic E-state index is 5.68. The Bertz CT molecular complexity index is 239. The third-order valence-electron chi connectivity index (χ3n) is 1.07. The van der Waals surface area contributed by atoms with Crippen LogP contribution in [0.1, 0.15) is 5.69 Å². The van der Waals surface area contributed by atoms with E-state index in [2.05, 4.69) is 20.9 Å². The summed E-state index contributed by atoms with van der Waals surface area (Å²) in [4.78, 5) is 3.98. The highest BCUT2D eigenvalue weighted by atomic mass is 79.9. The molecular weight excluding hydrogens is 215 g/mol. The van der Waals surface area contributed by atoms with Gasteiger partial charge in [-0.1, -0.05) is 11.6 Å². The summed E-state index contributed by atoms with van der Waals surface area (Å²) < 4.78 is 0.798. The average molecular weight is 221 g/mol. The number of hydrogen-bond donors (Lipinski definition) is 1. The molecule has 1 rings (SSSR count). The Labute approximate surface area is 72.5 Å². The van der Waals surface area contributed by atoms with Crippen LogP contribution >= 0.6 is 27.5 Å². The summed E-state index contributed by atoms with van der Waals surface area (Å²) in [7, 11) is 0. The Hall–Kier alpha value is -0.120. The number of nitrogens with two attached hydrogens (primary N) is 1. The molecule has 0 fully saturated rings. The molecular formula is C6H6BrClN2. The molecule has 1 aromatic heterocycles. The van der Waals surface area contributed by atoms with Gasteiger partial charge in [0.2, 0.25) is 0 Å². The van der Waals surface area contributed by atoms with Crippen molar-refractivity contribution in [1.29, 1.82) is 0 Å². The fraction of sp³-hybridized carbons (Fsp3) is 0.167. The van der Waals surface area contributed by atoms with Gasteiger partial charge >= 0.3 is 0 Å². The Balaban J connectivity index is 3.04. The zero-order valence-electron chi connectivity index (χ0n) is 5.14. The van der Waals surface area contributed by atoms with Crippen molar-refractivity contribution in [1.82, 2.24) is 4.98 Å². The van der Waals surface area contributed by atoms with Crippen LogP contribution in [0.5, 0.6) is 0 Å². The normalized spacial score (nSPS) is 9.90. The van der Waals surface area contributed by atoms with E-state index in [1.165, 1.54) is 0 Å². The van der Waals surface area contributed by atoms with Crippen LogP contribution < -0.4 is 5.73 Å². The molecule has 2 nitrogen and oxygen atoms in total. The Kier molecular flexibility index (Phi) is 2.65. The van der Waals surface area contributed by atoms with Crippen LogP contribution in [0.3, 0.4) is 0 Å². The molecule has 54 valence electrons. The maximum atomic E-state index is 5.68. The van der Waals surface area contributed by atoms with Crippen molar-refractivity contribution in [3.8, 4) is 0 Å². The fourth-order valence-electron chi connectivity index (χ4n) is 0.569. The van der Waals surface area contributed by atoms with Crippen LogP contribution in [0, 0.1) is 0 Å². The molecule has 0 saturated carbocycles. The van der Waals surface area contributed by atoms with Gasteiger partial charge in [-0.15, -0.1) is 0 Å². The zero-order valence-corrected chi connectivity index (χ0v) is 7.48. The quantitative estimate of drug-likeness (QED) is 0.736. The highest BCUT2D eigenvalue weighted by Gasteiger charge is 1.97. The molecule has 0 amide bonds. The number of hydrogen-bond acceptors (Lipinski definition) is 2. The predicted octanol–water partition coefficient (Wildman–Crippen LogP) is 1.96. The van der Waals surface area contributed by atoms with Gasteiger partial charge in [-0.2, -0.15) is 0 Å². The Morgan fingerprint density at radius 1 is 1.60 bits per heavy atom. The van der Waals surface area contributed by atoms with Gasteiger partial charge in [0.15, 0.2) is 0 Å². The summed E-state index contributed by atoms with van der Waals surface area (Å²) in [6, 6.07) is 3.66. The van der Waals surface area contributed by atoms with Crippen LogP contribution in [0.25, 0.3) is 0 Å². The lowest BCUT2D eigenvalue weighted by molar-refractivity contribution is 0.988. The van der Waals surface area contributed by atoms with Gasteiger partial charge in [0.25, 0.3) is 0 Å². The van der Waals surface area contributed by atoms with E-state index in [0.717, 1.165) is 10.2 Å². The Morgan fingerprint density at radius 2 is 2.30 bits per heavy atom. The second-order valence-electron chi connectivity index (χ2n) is 1.78.